The molecule has 2 aromatic heterocycles. The number of aryl methyl sites for hydroxylation is 1. The van der Waals surface area contributed by atoms with Gasteiger partial charge in [0.05, 0.1) is 18.2 Å². The molecule has 0 aliphatic carbocycles. The summed E-state index contributed by atoms with van der Waals surface area (Å²) in [6.45, 7) is 5.50. The first-order valence-corrected chi connectivity index (χ1v) is 10.1. The molecule has 2 heterocycles. The molecule has 0 aliphatic heterocycles. The molecule has 0 radical (unpaired) electrons. The molecule has 0 aliphatic rings. The summed E-state index contributed by atoms with van der Waals surface area (Å²) in [4.78, 5) is 28.6. The fraction of sp³-hybridized carbons (Fsp3) is 0.476. The van der Waals surface area contributed by atoms with Gasteiger partial charge in [-0.1, -0.05) is 13.8 Å². The maximum atomic E-state index is 12.9. The van der Waals surface area contributed by atoms with Crippen LogP contribution in [0.3, 0.4) is 0 Å². The molecular formula is C21H25F4N5O3. The van der Waals surface area contributed by atoms with Gasteiger partial charge in [-0.15, -0.1) is 5.10 Å². The minimum Gasteiger partial charge on any atom is -0.470 e. The molecule has 0 saturated heterocycles. The van der Waals surface area contributed by atoms with Crippen LogP contribution in [0.25, 0.3) is 0 Å². The molecule has 0 aromatic carbocycles. The number of alkyl halides is 4. The highest BCUT2D eigenvalue weighted by atomic mass is 19.3. The van der Waals surface area contributed by atoms with Crippen molar-refractivity contribution >= 4 is 17.6 Å². The van der Waals surface area contributed by atoms with Crippen molar-refractivity contribution in [1.82, 2.24) is 20.5 Å². The SMILES string of the molecule is Cc1cc(C(C)NC(=O)Cc2ccc(OCC(F)(F)C(F)F)nn2)cc(NC(=O)C(C)C)n1. The van der Waals surface area contributed by atoms with Crippen molar-refractivity contribution in [1.29, 1.82) is 0 Å². The lowest BCUT2D eigenvalue weighted by molar-refractivity contribution is -0.148. The molecule has 2 aromatic rings. The number of carbonyl (C=O) groups excluding carboxylic acids is 2. The molecule has 2 rings (SSSR count). The largest absolute Gasteiger partial charge is 0.470 e. The van der Waals surface area contributed by atoms with Gasteiger partial charge in [-0.25, -0.2) is 13.8 Å². The molecule has 1 unspecified atom stereocenters. The predicted molar refractivity (Wildman–Crippen MR) is 111 cm³/mol. The van der Waals surface area contributed by atoms with Gasteiger partial charge >= 0.3 is 12.3 Å². The Bertz CT molecular complexity index is 971. The van der Waals surface area contributed by atoms with Gasteiger partial charge < -0.3 is 15.4 Å². The van der Waals surface area contributed by atoms with Gasteiger partial charge in [-0.3, -0.25) is 9.59 Å². The second kappa shape index (κ2) is 11.0. The van der Waals surface area contributed by atoms with Gasteiger partial charge in [0, 0.05) is 17.7 Å². The zero-order valence-corrected chi connectivity index (χ0v) is 18.5. The first-order valence-electron chi connectivity index (χ1n) is 10.1. The molecular weight excluding hydrogens is 446 g/mol. The Hall–Kier alpha value is -3.31. The van der Waals surface area contributed by atoms with Gasteiger partial charge in [-0.2, -0.15) is 13.9 Å². The van der Waals surface area contributed by atoms with Crippen LogP contribution < -0.4 is 15.4 Å². The highest BCUT2D eigenvalue weighted by Gasteiger charge is 2.41. The van der Waals surface area contributed by atoms with E-state index in [1.807, 2.05) is 0 Å². The molecule has 12 heteroatoms. The third-order valence-electron chi connectivity index (χ3n) is 4.40. The Morgan fingerprint density at radius 1 is 1.12 bits per heavy atom. The van der Waals surface area contributed by atoms with E-state index in [1.54, 1.807) is 39.8 Å². The number of pyridine rings is 1. The number of carbonyl (C=O) groups is 2. The number of rotatable bonds is 10. The molecule has 180 valence electrons. The van der Waals surface area contributed by atoms with Crippen molar-refractivity contribution in [2.45, 2.75) is 52.5 Å². The third kappa shape index (κ3) is 7.95. The van der Waals surface area contributed by atoms with Crippen LogP contribution in [-0.2, 0) is 16.0 Å². The van der Waals surface area contributed by atoms with E-state index >= 15 is 0 Å². The van der Waals surface area contributed by atoms with Crippen LogP contribution in [0, 0.1) is 12.8 Å². The molecule has 0 saturated carbocycles. The summed E-state index contributed by atoms with van der Waals surface area (Å²) in [5.74, 6) is -5.08. The van der Waals surface area contributed by atoms with E-state index in [-0.39, 0.29) is 29.8 Å². The zero-order valence-electron chi connectivity index (χ0n) is 18.5. The summed E-state index contributed by atoms with van der Waals surface area (Å²) in [6.07, 6.45) is -4.02. The van der Waals surface area contributed by atoms with Crippen LogP contribution in [0.5, 0.6) is 5.88 Å². The van der Waals surface area contributed by atoms with Crippen molar-refractivity contribution in [3.63, 3.8) is 0 Å². The maximum absolute atomic E-state index is 12.9. The monoisotopic (exact) mass is 471 g/mol. The molecule has 0 bridgehead atoms. The normalized spacial score (nSPS) is 12.5. The average Bonchev–Trinajstić information content (AvgIpc) is 2.72. The van der Waals surface area contributed by atoms with Crippen molar-refractivity contribution in [2.75, 3.05) is 11.9 Å². The van der Waals surface area contributed by atoms with E-state index in [9.17, 15) is 27.2 Å². The van der Waals surface area contributed by atoms with Crippen LogP contribution in [0.1, 0.15) is 43.8 Å². The maximum Gasteiger partial charge on any atom is 0.340 e. The average molecular weight is 471 g/mol. The Balaban J connectivity index is 1.95. The fourth-order valence-electron chi connectivity index (χ4n) is 2.57. The molecule has 0 spiro atoms. The summed E-state index contributed by atoms with van der Waals surface area (Å²) >= 11 is 0. The number of aromatic nitrogens is 3. The van der Waals surface area contributed by atoms with E-state index < -0.39 is 30.9 Å². The van der Waals surface area contributed by atoms with E-state index in [0.29, 0.717) is 11.5 Å². The molecule has 8 nitrogen and oxygen atoms in total. The van der Waals surface area contributed by atoms with Crippen molar-refractivity contribution in [3.05, 3.63) is 41.2 Å². The number of halogens is 4. The summed E-state index contributed by atoms with van der Waals surface area (Å²) in [5.41, 5.74) is 1.61. The topological polar surface area (TPSA) is 106 Å². The quantitative estimate of drug-likeness (QED) is 0.514. The lowest BCUT2D eigenvalue weighted by Gasteiger charge is -2.17. The van der Waals surface area contributed by atoms with Gasteiger partial charge in [0.1, 0.15) is 5.82 Å². The third-order valence-corrected chi connectivity index (χ3v) is 4.40. The van der Waals surface area contributed by atoms with Crippen LogP contribution in [0.2, 0.25) is 0 Å². The summed E-state index contributed by atoms with van der Waals surface area (Å²) in [5, 5.41) is 12.7. The second-order valence-corrected chi connectivity index (χ2v) is 7.75. The molecule has 2 amide bonds. The van der Waals surface area contributed by atoms with Crippen LogP contribution in [0.4, 0.5) is 23.4 Å². The van der Waals surface area contributed by atoms with Gasteiger partial charge in [0.15, 0.2) is 6.61 Å². The van der Waals surface area contributed by atoms with E-state index in [0.717, 1.165) is 11.6 Å². The predicted octanol–water partition coefficient (Wildman–Crippen LogP) is 3.47. The smallest absolute Gasteiger partial charge is 0.340 e. The van der Waals surface area contributed by atoms with E-state index in [1.165, 1.54) is 6.07 Å². The molecule has 33 heavy (non-hydrogen) atoms. The minimum absolute atomic E-state index is 0.161. The van der Waals surface area contributed by atoms with Crippen molar-refractivity contribution in [2.24, 2.45) is 5.92 Å². The number of ether oxygens (including phenoxy) is 1. The number of nitrogens with zero attached hydrogens (tertiary/aromatic N) is 3. The van der Waals surface area contributed by atoms with Gasteiger partial charge in [-0.05, 0) is 37.6 Å². The summed E-state index contributed by atoms with van der Waals surface area (Å²) in [7, 11) is 0. The number of anilines is 1. The summed E-state index contributed by atoms with van der Waals surface area (Å²) in [6, 6.07) is 5.51. The van der Waals surface area contributed by atoms with Crippen LogP contribution in [-0.4, -0.2) is 46.0 Å². The highest BCUT2D eigenvalue weighted by Crippen LogP contribution is 2.23. The van der Waals surface area contributed by atoms with E-state index in [4.69, 9.17) is 0 Å². The number of amides is 2. The first-order chi connectivity index (χ1) is 15.4. The van der Waals surface area contributed by atoms with Crippen molar-refractivity contribution in [3.8, 4) is 5.88 Å². The van der Waals surface area contributed by atoms with Gasteiger partial charge in [0.2, 0.25) is 17.7 Å². The second-order valence-electron chi connectivity index (χ2n) is 7.75. The van der Waals surface area contributed by atoms with Gasteiger partial charge in [0.25, 0.3) is 0 Å². The van der Waals surface area contributed by atoms with Crippen LogP contribution in [0.15, 0.2) is 24.3 Å². The Kier molecular flexibility index (Phi) is 8.66. The molecule has 0 fully saturated rings. The summed E-state index contributed by atoms with van der Waals surface area (Å²) < 4.78 is 54.6. The first kappa shape index (κ1) is 25.9. The van der Waals surface area contributed by atoms with E-state index in [2.05, 4.69) is 30.6 Å². The number of hydrogen-bond donors (Lipinski definition) is 2. The Morgan fingerprint density at radius 3 is 2.39 bits per heavy atom. The standard InChI is InChI=1S/C21H25F4N5O3/c1-11(2)19(32)28-16-8-14(7-12(3)26-16)13(4)27-17(31)9-15-5-6-18(30-29-15)33-10-21(24,25)20(22)23/h5-8,11,13,20H,9-10H2,1-4H3,(H,27,31)(H,26,28,32). The van der Waals surface area contributed by atoms with Crippen molar-refractivity contribution < 1.29 is 31.9 Å². The lowest BCUT2D eigenvalue weighted by atomic mass is 10.1. The zero-order chi connectivity index (χ0) is 24.8. The molecule has 2 N–H and O–H groups in total. The van der Waals surface area contributed by atoms with Crippen LogP contribution >= 0.6 is 0 Å². The number of hydrogen-bond acceptors (Lipinski definition) is 6. The molecule has 1 atom stereocenters. The lowest BCUT2D eigenvalue weighted by Crippen LogP contribution is -2.34. The Morgan fingerprint density at radius 2 is 1.82 bits per heavy atom. The number of nitrogens with one attached hydrogen (secondary N) is 2. The fourth-order valence-corrected chi connectivity index (χ4v) is 2.57. The highest BCUT2D eigenvalue weighted by molar-refractivity contribution is 5.91. The Labute approximate surface area is 188 Å². The minimum atomic E-state index is -4.31.